The van der Waals surface area contributed by atoms with Crippen LogP contribution >= 0.6 is 0 Å². The van der Waals surface area contributed by atoms with Gasteiger partial charge in [-0.25, -0.2) is 0 Å². The standard InChI is InChI=1S/C38H67N3O12/c1-31(32(2)43)14-11-12-20-39-36(46)29-53-27-25-51-23-21-40-37(47)30-52-26-24-50-22-13-15-34(44)19-18-33(28-42)41-35(45)16-9-7-5-3-4-6-8-10-17-38(48)49/h28,31,33H,3-27,29-30H2,1-2H3,(H,39,46)(H,40,47)(H,41,45)(H,48,49)/t31-,33-/m0/s1. The minimum Gasteiger partial charge on any atom is -0.481 e. The third-order valence-corrected chi connectivity index (χ3v) is 8.39. The lowest BCUT2D eigenvalue weighted by Crippen LogP contribution is -2.36. The predicted molar refractivity (Wildman–Crippen MR) is 198 cm³/mol. The summed E-state index contributed by atoms with van der Waals surface area (Å²) >= 11 is 0. The van der Waals surface area contributed by atoms with Gasteiger partial charge in [0.2, 0.25) is 17.7 Å². The van der Waals surface area contributed by atoms with Crippen molar-refractivity contribution in [1.29, 1.82) is 0 Å². The number of ether oxygens (including phenoxy) is 4. The maximum absolute atomic E-state index is 12.2. The number of carboxylic acids is 1. The lowest BCUT2D eigenvalue weighted by Gasteiger charge is -2.12. The molecule has 0 aromatic rings. The molecule has 0 rings (SSSR count). The van der Waals surface area contributed by atoms with Crippen LogP contribution in [0.3, 0.4) is 0 Å². The smallest absolute Gasteiger partial charge is 0.303 e. The third kappa shape index (κ3) is 35.5. The van der Waals surface area contributed by atoms with Crippen molar-refractivity contribution in [2.45, 2.75) is 129 Å². The highest BCUT2D eigenvalue weighted by atomic mass is 16.5. The molecule has 4 N–H and O–H groups in total. The van der Waals surface area contributed by atoms with Gasteiger partial charge in [0.05, 0.1) is 39.1 Å². The number of nitrogens with one attached hydrogen (secondary N) is 3. The number of amides is 3. The summed E-state index contributed by atoms with van der Waals surface area (Å²) in [6, 6.07) is -0.683. The average molecular weight is 758 g/mol. The number of unbranched alkanes of at least 4 members (excludes halogenated alkanes) is 8. The predicted octanol–water partition coefficient (Wildman–Crippen LogP) is 3.48. The van der Waals surface area contributed by atoms with E-state index in [9.17, 15) is 33.6 Å². The second kappa shape index (κ2) is 35.7. The Morgan fingerprint density at radius 2 is 1.11 bits per heavy atom. The Hall–Kier alpha value is -3.27. The molecule has 306 valence electrons. The van der Waals surface area contributed by atoms with Gasteiger partial charge >= 0.3 is 5.97 Å². The fourth-order valence-electron chi connectivity index (χ4n) is 5.03. The number of hydrogen-bond donors (Lipinski definition) is 4. The fourth-order valence-corrected chi connectivity index (χ4v) is 5.03. The van der Waals surface area contributed by atoms with Crippen molar-refractivity contribution in [3.8, 4) is 0 Å². The van der Waals surface area contributed by atoms with Gasteiger partial charge in [-0.3, -0.25) is 28.8 Å². The molecule has 0 unspecified atom stereocenters. The second-order valence-electron chi connectivity index (χ2n) is 13.3. The van der Waals surface area contributed by atoms with Crippen molar-refractivity contribution in [1.82, 2.24) is 16.0 Å². The van der Waals surface area contributed by atoms with Crippen molar-refractivity contribution in [3.63, 3.8) is 0 Å². The van der Waals surface area contributed by atoms with Gasteiger partial charge in [-0.05, 0) is 45.4 Å². The van der Waals surface area contributed by atoms with Gasteiger partial charge in [0.15, 0.2) is 0 Å². The van der Waals surface area contributed by atoms with E-state index in [1.54, 1.807) is 6.92 Å². The summed E-state index contributed by atoms with van der Waals surface area (Å²) in [5.74, 6) is -1.21. The van der Waals surface area contributed by atoms with Gasteiger partial charge in [0.1, 0.15) is 31.1 Å². The van der Waals surface area contributed by atoms with Gasteiger partial charge in [0.25, 0.3) is 0 Å². The molecule has 0 heterocycles. The summed E-state index contributed by atoms with van der Waals surface area (Å²) in [6.07, 6.45) is 12.5. The molecule has 0 aliphatic carbocycles. The van der Waals surface area contributed by atoms with E-state index >= 15 is 0 Å². The summed E-state index contributed by atoms with van der Waals surface area (Å²) in [5, 5.41) is 16.8. The van der Waals surface area contributed by atoms with E-state index < -0.39 is 12.0 Å². The van der Waals surface area contributed by atoms with Crippen LogP contribution in [0.4, 0.5) is 0 Å². The number of ketones is 2. The number of hydrogen-bond acceptors (Lipinski definition) is 11. The molecule has 2 atom stereocenters. The molecule has 0 saturated heterocycles. The van der Waals surface area contributed by atoms with E-state index in [0.717, 1.165) is 64.2 Å². The number of Topliss-reactive ketones (excluding diaryl/α,β-unsaturated/α-hetero) is 2. The molecular weight excluding hydrogens is 690 g/mol. The summed E-state index contributed by atoms with van der Waals surface area (Å²) in [5.41, 5.74) is 0. The van der Waals surface area contributed by atoms with Gasteiger partial charge in [-0.15, -0.1) is 0 Å². The molecule has 0 spiro atoms. The van der Waals surface area contributed by atoms with Crippen LogP contribution in [0.5, 0.6) is 0 Å². The van der Waals surface area contributed by atoms with E-state index in [2.05, 4.69) is 16.0 Å². The molecule has 15 nitrogen and oxygen atoms in total. The van der Waals surface area contributed by atoms with Gasteiger partial charge in [-0.1, -0.05) is 51.9 Å². The van der Waals surface area contributed by atoms with Crippen LogP contribution < -0.4 is 16.0 Å². The first-order valence-corrected chi connectivity index (χ1v) is 19.4. The van der Waals surface area contributed by atoms with E-state index in [4.69, 9.17) is 24.1 Å². The quantitative estimate of drug-likeness (QED) is 0.0524. The van der Waals surface area contributed by atoms with E-state index in [1.165, 1.54) is 0 Å². The van der Waals surface area contributed by atoms with Crippen LogP contribution in [0.1, 0.15) is 123 Å². The number of rotatable bonds is 39. The van der Waals surface area contributed by atoms with E-state index in [-0.39, 0.29) is 101 Å². The van der Waals surface area contributed by atoms with E-state index in [0.29, 0.717) is 51.7 Å². The Bertz CT molecular complexity index is 1030. The molecule has 0 aliphatic heterocycles. The molecule has 0 bridgehead atoms. The summed E-state index contributed by atoms with van der Waals surface area (Å²) < 4.78 is 21.4. The topological polar surface area (TPSA) is 213 Å². The molecule has 0 radical (unpaired) electrons. The molecule has 3 amide bonds. The third-order valence-electron chi connectivity index (χ3n) is 8.39. The molecule has 0 saturated carbocycles. The molecule has 0 aromatic heterocycles. The molecule has 53 heavy (non-hydrogen) atoms. The Morgan fingerprint density at radius 3 is 1.70 bits per heavy atom. The Morgan fingerprint density at radius 1 is 0.566 bits per heavy atom. The minimum atomic E-state index is -0.753. The summed E-state index contributed by atoms with van der Waals surface area (Å²) in [4.78, 5) is 81.1. The van der Waals surface area contributed by atoms with Crippen LogP contribution in [-0.4, -0.2) is 119 Å². The molecule has 0 fully saturated rings. The van der Waals surface area contributed by atoms with Crippen LogP contribution in [0.15, 0.2) is 0 Å². The number of carbonyl (C=O) groups excluding carboxylic acids is 6. The highest BCUT2D eigenvalue weighted by Gasteiger charge is 2.13. The maximum atomic E-state index is 12.2. The van der Waals surface area contributed by atoms with Crippen molar-refractivity contribution >= 4 is 41.5 Å². The zero-order valence-corrected chi connectivity index (χ0v) is 32.3. The Kier molecular flexibility index (Phi) is 33.5. The number of carboxylic acid groups (broad SMARTS) is 1. The molecular formula is C38H67N3O12. The van der Waals surface area contributed by atoms with Gasteiger partial charge < -0.3 is 44.8 Å². The second-order valence-corrected chi connectivity index (χ2v) is 13.3. The first-order chi connectivity index (χ1) is 25.5. The van der Waals surface area contributed by atoms with E-state index in [1.807, 2.05) is 6.92 Å². The first kappa shape index (κ1) is 49.7. The number of aldehydes is 1. The zero-order valence-electron chi connectivity index (χ0n) is 32.3. The summed E-state index contributed by atoms with van der Waals surface area (Å²) in [7, 11) is 0. The van der Waals surface area contributed by atoms with Gasteiger partial charge in [0, 0.05) is 51.3 Å². The van der Waals surface area contributed by atoms with Crippen molar-refractivity contribution in [3.05, 3.63) is 0 Å². The minimum absolute atomic E-state index is 0.00937. The fraction of sp³-hybridized carbons (Fsp3) is 0.816. The van der Waals surface area contributed by atoms with Crippen molar-refractivity contribution in [2.75, 3.05) is 65.9 Å². The van der Waals surface area contributed by atoms with Crippen LogP contribution in [0, 0.1) is 5.92 Å². The van der Waals surface area contributed by atoms with Crippen molar-refractivity contribution in [2.24, 2.45) is 5.92 Å². The lowest BCUT2D eigenvalue weighted by atomic mass is 10.0. The first-order valence-electron chi connectivity index (χ1n) is 19.4. The normalized spacial score (nSPS) is 12.1. The SMILES string of the molecule is CC(=O)[C@@H](C)CCCCNC(=O)COCCOCCNC(=O)COCCOCCCC(=O)CC[C@@H](C=O)NC(=O)CCCCCCCCCCC(=O)O. The Balaban J connectivity index is 3.58. The average Bonchev–Trinajstić information content (AvgIpc) is 3.12. The number of carbonyl (C=O) groups is 7. The lowest BCUT2D eigenvalue weighted by molar-refractivity contribution is -0.137. The largest absolute Gasteiger partial charge is 0.481 e. The van der Waals surface area contributed by atoms with Crippen LogP contribution in [-0.2, 0) is 52.5 Å². The van der Waals surface area contributed by atoms with Gasteiger partial charge in [-0.2, -0.15) is 0 Å². The monoisotopic (exact) mass is 757 g/mol. The Labute approximate surface area is 315 Å². The molecule has 15 heteroatoms. The molecule has 0 aromatic carbocycles. The highest BCUT2D eigenvalue weighted by Crippen LogP contribution is 2.11. The molecule has 0 aliphatic rings. The highest BCUT2D eigenvalue weighted by molar-refractivity contribution is 5.81. The van der Waals surface area contributed by atoms with Crippen LogP contribution in [0.2, 0.25) is 0 Å². The zero-order chi connectivity index (χ0) is 39.4. The maximum Gasteiger partial charge on any atom is 0.303 e. The van der Waals surface area contributed by atoms with Crippen LogP contribution in [0.25, 0.3) is 0 Å². The number of aliphatic carboxylic acids is 1. The summed E-state index contributed by atoms with van der Waals surface area (Å²) in [6.45, 7) is 5.84. The van der Waals surface area contributed by atoms with Crippen molar-refractivity contribution < 1.29 is 57.6 Å².